The molecule has 0 saturated heterocycles. The van der Waals surface area contributed by atoms with Gasteiger partial charge in [0.05, 0.1) is 18.8 Å². The zero-order valence-corrected chi connectivity index (χ0v) is 13.8. The first-order valence-corrected chi connectivity index (χ1v) is 7.79. The molecule has 0 radical (unpaired) electrons. The van der Waals surface area contributed by atoms with E-state index in [9.17, 15) is 0 Å². The minimum atomic E-state index is 0.329. The zero-order chi connectivity index (χ0) is 17.2. The van der Waals surface area contributed by atoms with Gasteiger partial charge in [-0.3, -0.25) is 0 Å². The number of anilines is 1. The lowest BCUT2D eigenvalue weighted by Gasteiger charge is -2.00. The van der Waals surface area contributed by atoms with Gasteiger partial charge in [0.25, 0.3) is 5.95 Å². The van der Waals surface area contributed by atoms with Crippen molar-refractivity contribution in [3.05, 3.63) is 53.6 Å². The normalized spacial score (nSPS) is 11.4. The van der Waals surface area contributed by atoms with E-state index in [-0.39, 0.29) is 0 Å². The van der Waals surface area contributed by atoms with Crippen LogP contribution in [0.25, 0.3) is 22.1 Å². The van der Waals surface area contributed by atoms with Crippen LogP contribution in [0.5, 0.6) is 5.75 Å². The van der Waals surface area contributed by atoms with Crippen LogP contribution in [0.15, 0.2) is 47.6 Å². The van der Waals surface area contributed by atoms with E-state index in [1.807, 2.05) is 49.4 Å². The molecule has 0 saturated carbocycles. The number of rotatable bonds is 4. The molecule has 4 aromatic rings. The first-order chi connectivity index (χ1) is 12.2. The maximum absolute atomic E-state index is 5.19. The standard InChI is InChI=1S/C18H16N6O/c1-11-5-3-8-14-15(11)20-17-16(14)22-24-18(21-17)23-19-10-12-6-4-7-13(9-12)25-2/h3-10H,1-2H3,(H2,20,21,23,24)/b19-10+. The van der Waals surface area contributed by atoms with Crippen molar-refractivity contribution in [2.75, 3.05) is 12.5 Å². The van der Waals surface area contributed by atoms with Gasteiger partial charge in [0.2, 0.25) is 0 Å². The SMILES string of the molecule is COc1cccc(/C=N/Nc2nnc3c(n2)[nH]c2c(C)cccc23)c1. The summed E-state index contributed by atoms with van der Waals surface area (Å²) in [5.74, 6) is 1.10. The fourth-order valence-electron chi connectivity index (χ4n) is 2.68. The van der Waals surface area contributed by atoms with Crippen LogP contribution in [-0.2, 0) is 0 Å². The fourth-order valence-corrected chi connectivity index (χ4v) is 2.68. The smallest absolute Gasteiger partial charge is 0.265 e. The Balaban J connectivity index is 1.60. The van der Waals surface area contributed by atoms with E-state index in [0.717, 1.165) is 33.3 Å². The number of aromatic nitrogens is 4. The molecule has 7 heteroatoms. The Morgan fingerprint density at radius 1 is 1.16 bits per heavy atom. The summed E-state index contributed by atoms with van der Waals surface area (Å²) in [5.41, 5.74) is 7.31. The fraction of sp³-hybridized carbons (Fsp3) is 0.111. The van der Waals surface area contributed by atoms with Crippen LogP contribution in [-0.4, -0.2) is 33.5 Å². The molecule has 124 valence electrons. The molecule has 0 spiro atoms. The number of aryl methyl sites for hydroxylation is 1. The summed E-state index contributed by atoms with van der Waals surface area (Å²) in [5, 5.41) is 13.5. The van der Waals surface area contributed by atoms with Gasteiger partial charge in [0.1, 0.15) is 11.3 Å². The van der Waals surface area contributed by atoms with Crippen LogP contribution in [0.1, 0.15) is 11.1 Å². The first kappa shape index (κ1) is 15.1. The molecule has 2 N–H and O–H groups in total. The summed E-state index contributed by atoms with van der Waals surface area (Å²) < 4.78 is 5.19. The number of hydrogen-bond donors (Lipinski definition) is 2. The molecule has 25 heavy (non-hydrogen) atoms. The minimum absolute atomic E-state index is 0.329. The van der Waals surface area contributed by atoms with Crippen molar-refractivity contribution in [2.24, 2.45) is 5.10 Å². The van der Waals surface area contributed by atoms with Gasteiger partial charge in [0, 0.05) is 5.39 Å². The van der Waals surface area contributed by atoms with E-state index >= 15 is 0 Å². The number of para-hydroxylation sites is 1. The molecule has 4 rings (SSSR count). The molecule has 0 atom stereocenters. The van der Waals surface area contributed by atoms with Crippen molar-refractivity contribution in [2.45, 2.75) is 6.92 Å². The summed E-state index contributed by atoms with van der Waals surface area (Å²) in [7, 11) is 1.63. The number of nitrogens with zero attached hydrogens (tertiary/aromatic N) is 4. The lowest BCUT2D eigenvalue weighted by Crippen LogP contribution is -1.99. The molecule has 2 heterocycles. The van der Waals surface area contributed by atoms with Crippen molar-refractivity contribution in [1.29, 1.82) is 0 Å². The molecule has 0 amide bonds. The molecule has 0 bridgehead atoms. The van der Waals surface area contributed by atoms with Crippen molar-refractivity contribution >= 4 is 34.2 Å². The number of benzene rings is 2. The quantitative estimate of drug-likeness (QED) is 0.442. The van der Waals surface area contributed by atoms with E-state index in [4.69, 9.17) is 4.74 Å². The molecular weight excluding hydrogens is 316 g/mol. The lowest BCUT2D eigenvalue weighted by molar-refractivity contribution is 0.415. The number of fused-ring (bicyclic) bond motifs is 3. The van der Waals surface area contributed by atoms with Gasteiger partial charge >= 0.3 is 0 Å². The number of ether oxygens (including phenoxy) is 1. The maximum atomic E-state index is 5.19. The van der Waals surface area contributed by atoms with Crippen LogP contribution >= 0.6 is 0 Å². The predicted octanol–water partition coefficient (Wildman–Crippen LogP) is 3.27. The number of methoxy groups -OCH3 is 1. The number of hydrogen-bond acceptors (Lipinski definition) is 6. The molecule has 2 aromatic carbocycles. The number of hydrazone groups is 1. The second-order valence-corrected chi connectivity index (χ2v) is 5.60. The minimum Gasteiger partial charge on any atom is -0.497 e. The van der Waals surface area contributed by atoms with Crippen molar-refractivity contribution in [1.82, 2.24) is 20.2 Å². The van der Waals surface area contributed by atoms with Gasteiger partial charge in [-0.25, -0.2) is 5.43 Å². The Hall–Kier alpha value is -3.48. The highest BCUT2D eigenvalue weighted by Gasteiger charge is 2.09. The summed E-state index contributed by atoms with van der Waals surface area (Å²) in [6.45, 7) is 2.04. The molecule has 2 aromatic heterocycles. The van der Waals surface area contributed by atoms with Crippen molar-refractivity contribution < 1.29 is 4.74 Å². The molecule has 0 aliphatic rings. The molecule has 0 aliphatic carbocycles. The third kappa shape index (κ3) is 2.87. The van der Waals surface area contributed by atoms with Gasteiger partial charge in [-0.2, -0.15) is 10.1 Å². The average Bonchev–Trinajstić information content (AvgIpc) is 3.01. The van der Waals surface area contributed by atoms with E-state index in [1.54, 1.807) is 13.3 Å². The third-order valence-corrected chi connectivity index (χ3v) is 3.93. The summed E-state index contributed by atoms with van der Waals surface area (Å²) in [4.78, 5) is 7.73. The highest BCUT2D eigenvalue weighted by atomic mass is 16.5. The monoisotopic (exact) mass is 332 g/mol. The summed E-state index contributed by atoms with van der Waals surface area (Å²) in [6.07, 6.45) is 1.67. The Morgan fingerprint density at radius 2 is 2.04 bits per heavy atom. The molecule has 0 fully saturated rings. The Morgan fingerprint density at radius 3 is 2.92 bits per heavy atom. The van der Waals surface area contributed by atoms with Crippen molar-refractivity contribution in [3.8, 4) is 5.75 Å². The lowest BCUT2D eigenvalue weighted by atomic mass is 10.1. The van der Waals surface area contributed by atoms with Crippen molar-refractivity contribution in [3.63, 3.8) is 0 Å². The van der Waals surface area contributed by atoms with Gasteiger partial charge in [-0.15, -0.1) is 10.2 Å². The summed E-state index contributed by atoms with van der Waals surface area (Å²) >= 11 is 0. The molecular formula is C18H16N6O. The maximum Gasteiger partial charge on any atom is 0.265 e. The number of nitrogens with one attached hydrogen (secondary N) is 2. The molecule has 0 aliphatic heterocycles. The van der Waals surface area contributed by atoms with Crippen LogP contribution in [0.3, 0.4) is 0 Å². The number of aromatic amines is 1. The summed E-state index contributed by atoms with van der Waals surface area (Å²) in [6, 6.07) is 13.6. The van der Waals surface area contributed by atoms with E-state index < -0.39 is 0 Å². The molecule has 7 nitrogen and oxygen atoms in total. The van der Waals surface area contributed by atoms with Gasteiger partial charge in [-0.05, 0) is 30.2 Å². The Bertz CT molecular complexity index is 1090. The topological polar surface area (TPSA) is 88.1 Å². The first-order valence-electron chi connectivity index (χ1n) is 7.79. The third-order valence-electron chi connectivity index (χ3n) is 3.93. The van der Waals surface area contributed by atoms with Crippen LogP contribution in [0.2, 0.25) is 0 Å². The van der Waals surface area contributed by atoms with Gasteiger partial charge < -0.3 is 9.72 Å². The zero-order valence-electron chi connectivity index (χ0n) is 13.8. The van der Waals surface area contributed by atoms with Crippen LogP contribution in [0.4, 0.5) is 5.95 Å². The van der Waals surface area contributed by atoms with Gasteiger partial charge in [-0.1, -0.05) is 30.3 Å². The van der Waals surface area contributed by atoms with Crippen LogP contribution < -0.4 is 10.2 Å². The van der Waals surface area contributed by atoms with E-state index in [2.05, 4.69) is 30.7 Å². The second kappa shape index (κ2) is 6.20. The van der Waals surface area contributed by atoms with E-state index in [0.29, 0.717) is 11.6 Å². The average molecular weight is 332 g/mol. The largest absolute Gasteiger partial charge is 0.497 e. The predicted molar refractivity (Wildman–Crippen MR) is 98.1 cm³/mol. The Labute approximate surface area is 143 Å². The van der Waals surface area contributed by atoms with Crippen LogP contribution in [0, 0.1) is 6.92 Å². The highest BCUT2D eigenvalue weighted by molar-refractivity contribution is 6.04. The Kier molecular flexibility index (Phi) is 3.74. The molecule has 0 unspecified atom stereocenters. The van der Waals surface area contributed by atoms with Gasteiger partial charge in [0.15, 0.2) is 5.65 Å². The second-order valence-electron chi connectivity index (χ2n) is 5.60. The van der Waals surface area contributed by atoms with E-state index in [1.165, 1.54) is 0 Å². The highest BCUT2D eigenvalue weighted by Crippen LogP contribution is 2.24. The number of H-pyrrole nitrogens is 1.